The molecule has 0 aromatic carbocycles. The SMILES string of the molecule is Cc1cc(=O)n(Cc2ccn(C)n2)cc1I. The molecule has 0 spiro atoms. The molecular formula is C11H12IN3O. The minimum Gasteiger partial charge on any atom is -0.308 e. The van der Waals surface area contributed by atoms with Gasteiger partial charge in [0, 0.05) is 29.1 Å². The summed E-state index contributed by atoms with van der Waals surface area (Å²) in [6.07, 6.45) is 3.74. The molecule has 0 bridgehead atoms. The summed E-state index contributed by atoms with van der Waals surface area (Å²) >= 11 is 2.23. The van der Waals surface area contributed by atoms with E-state index in [-0.39, 0.29) is 5.56 Å². The van der Waals surface area contributed by atoms with Crippen LogP contribution in [-0.2, 0) is 13.6 Å². The molecule has 0 saturated carbocycles. The van der Waals surface area contributed by atoms with Crippen LogP contribution >= 0.6 is 22.6 Å². The molecule has 2 aromatic heterocycles. The van der Waals surface area contributed by atoms with E-state index in [1.807, 2.05) is 32.4 Å². The third kappa shape index (κ3) is 2.34. The molecule has 84 valence electrons. The van der Waals surface area contributed by atoms with E-state index in [0.29, 0.717) is 6.54 Å². The van der Waals surface area contributed by atoms with Gasteiger partial charge in [-0.25, -0.2) is 0 Å². The van der Waals surface area contributed by atoms with Crippen molar-refractivity contribution >= 4 is 22.6 Å². The van der Waals surface area contributed by atoms with E-state index in [1.165, 1.54) is 0 Å². The predicted octanol–water partition coefficient (Wildman–Crippen LogP) is 1.54. The fraction of sp³-hybridized carbons (Fsp3) is 0.273. The van der Waals surface area contributed by atoms with Gasteiger partial charge in [-0.3, -0.25) is 9.48 Å². The highest BCUT2D eigenvalue weighted by Crippen LogP contribution is 2.08. The first-order valence-electron chi connectivity index (χ1n) is 4.91. The van der Waals surface area contributed by atoms with Gasteiger partial charge < -0.3 is 4.57 Å². The second kappa shape index (κ2) is 4.40. The molecule has 0 N–H and O–H groups in total. The van der Waals surface area contributed by atoms with Gasteiger partial charge in [0.25, 0.3) is 5.56 Å². The molecule has 16 heavy (non-hydrogen) atoms. The summed E-state index contributed by atoms with van der Waals surface area (Å²) in [5.74, 6) is 0. The first-order chi connectivity index (χ1) is 7.56. The van der Waals surface area contributed by atoms with Crippen molar-refractivity contribution in [3.8, 4) is 0 Å². The molecule has 4 nitrogen and oxygen atoms in total. The standard InChI is InChI=1S/C11H12IN3O/c1-8-5-11(16)15(7-10(8)12)6-9-3-4-14(2)13-9/h3-5,7H,6H2,1-2H3. The van der Waals surface area contributed by atoms with E-state index in [4.69, 9.17) is 0 Å². The molecule has 5 heteroatoms. The quantitative estimate of drug-likeness (QED) is 0.784. The van der Waals surface area contributed by atoms with E-state index in [1.54, 1.807) is 15.3 Å². The summed E-state index contributed by atoms with van der Waals surface area (Å²) in [7, 11) is 1.87. The van der Waals surface area contributed by atoms with Gasteiger partial charge in [-0.05, 0) is 41.1 Å². The summed E-state index contributed by atoms with van der Waals surface area (Å²) in [4.78, 5) is 11.7. The number of aryl methyl sites for hydroxylation is 2. The Morgan fingerprint density at radius 1 is 1.50 bits per heavy atom. The maximum absolute atomic E-state index is 11.7. The number of halogens is 1. The third-order valence-electron chi connectivity index (χ3n) is 2.37. The van der Waals surface area contributed by atoms with Crippen molar-refractivity contribution in [2.45, 2.75) is 13.5 Å². The van der Waals surface area contributed by atoms with Crippen LogP contribution in [0.5, 0.6) is 0 Å². The Kier molecular flexibility index (Phi) is 3.13. The van der Waals surface area contributed by atoms with Crippen LogP contribution in [0.15, 0.2) is 29.3 Å². The summed E-state index contributed by atoms with van der Waals surface area (Å²) < 4.78 is 4.50. The van der Waals surface area contributed by atoms with Gasteiger partial charge in [-0.2, -0.15) is 5.10 Å². The van der Waals surface area contributed by atoms with Crippen LogP contribution in [0.25, 0.3) is 0 Å². The summed E-state index contributed by atoms with van der Waals surface area (Å²) in [6, 6.07) is 3.57. The summed E-state index contributed by atoms with van der Waals surface area (Å²) in [6.45, 7) is 2.46. The molecule has 0 fully saturated rings. The lowest BCUT2D eigenvalue weighted by atomic mass is 10.3. The molecule has 0 amide bonds. The highest BCUT2D eigenvalue weighted by molar-refractivity contribution is 14.1. The van der Waals surface area contributed by atoms with E-state index < -0.39 is 0 Å². The predicted molar refractivity (Wildman–Crippen MR) is 70.5 cm³/mol. The van der Waals surface area contributed by atoms with Gasteiger partial charge in [0.1, 0.15) is 0 Å². The van der Waals surface area contributed by atoms with Gasteiger partial charge in [-0.15, -0.1) is 0 Å². The Bertz CT molecular complexity index is 571. The molecule has 2 heterocycles. The smallest absolute Gasteiger partial charge is 0.251 e. The first-order valence-corrected chi connectivity index (χ1v) is 5.99. The van der Waals surface area contributed by atoms with Crippen molar-refractivity contribution in [3.05, 3.63) is 49.7 Å². The molecular weight excluding hydrogens is 317 g/mol. The van der Waals surface area contributed by atoms with Crippen molar-refractivity contribution in [1.82, 2.24) is 14.3 Å². The van der Waals surface area contributed by atoms with Gasteiger partial charge in [0.2, 0.25) is 0 Å². The molecule has 0 aliphatic carbocycles. The lowest BCUT2D eigenvalue weighted by Gasteiger charge is -2.05. The largest absolute Gasteiger partial charge is 0.308 e. The van der Waals surface area contributed by atoms with E-state index in [0.717, 1.165) is 14.8 Å². The van der Waals surface area contributed by atoms with Crippen LogP contribution in [0, 0.1) is 10.5 Å². The summed E-state index contributed by atoms with van der Waals surface area (Å²) in [5.41, 5.74) is 1.93. The molecule has 2 rings (SSSR count). The normalized spacial score (nSPS) is 10.7. The maximum Gasteiger partial charge on any atom is 0.251 e. The van der Waals surface area contributed by atoms with Gasteiger partial charge in [-0.1, -0.05) is 0 Å². The second-order valence-electron chi connectivity index (χ2n) is 3.75. The average molecular weight is 329 g/mol. The molecule has 0 radical (unpaired) electrons. The highest BCUT2D eigenvalue weighted by atomic mass is 127. The van der Waals surface area contributed by atoms with Gasteiger partial charge in [0.15, 0.2) is 0 Å². The van der Waals surface area contributed by atoms with E-state index >= 15 is 0 Å². The fourth-order valence-electron chi connectivity index (χ4n) is 1.48. The molecule has 0 unspecified atom stereocenters. The zero-order valence-corrected chi connectivity index (χ0v) is 11.3. The molecule has 0 aliphatic heterocycles. The number of aromatic nitrogens is 3. The zero-order valence-electron chi connectivity index (χ0n) is 9.14. The van der Waals surface area contributed by atoms with Crippen molar-refractivity contribution in [2.75, 3.05) is 0 Å². The van der Waals surface area contributed by atoms with Crippen molar-refractivity contribution in [3.63, 3.8) is 0 Å². The Morgan fingerprint density at radius 2 is 2.25 bits per heavy atom. The third-order valence-corrected chi connectivity index (χ3v) is 3.50. The van der Waals surface area contributed by atoms with Crippen LogP contribution < -0.4 is 5.56 Å². The van der Waals surface area contributed by atoms with Crippen LogP contribution in [0.1, 0.15) is 11.3 Å². The Labute approximate surface area is 107 Å². The monoisotopic (exact) mass is 329 g/mol. The molecule has 0 aliphatic rings. The van der Waals surface area contributed by atoms with Crippen LogP contribution in [0.3, 0.4) is 0 Å². The topological polar surface area (TPSA) is 39.8 Å². The number of hydrogen-bond donors (Lipinski definition) is 0. The Hall–Kier alpha value is -1.11. The van der Waals surface area contributed by atoms with E-state index in [9.17, 15) is 4.79 Å². The number of hydrogen-bond acceptors (Lipinski definition) is 2. The molecule has 2 aromatic rings. The number of pyridine rings is 1. The van der Waals surface area contributed by atoms with E-state index in [2.05, 4.69) is 27.7 Å². The van der Waals surface area contributed by atoms with Gasteiger partial charge in [0.05, 0.1) is 12.2 Å². The number of nitrogens with zero attached hydrogens (tertiary/aromatic N) is 3. The molecule has 0 atom stereocenters. The maximum atomic E-state index is 11.7. The fourth-order valence-corrected chi connectivity index (χ4v) is 1.98. The lowest BCUT2D eigenvalue weighted by molar-refractivity contribution is 0.689. The zero-order chi connectivity index (χ0) is 11.7. The van der Waals surface area contributed by atoms with Crippen LogP contribution in [0.4, 0.5) is 0 Å². The first kappa shape index (κ1) is 11.4. The minimum atomic E-state index is 0.0172. The van der Waals surface area contributed by atoms with Gasteiger partial charge >= 0.3 is 0 Å². The van der Waals surface area contributed by atoms with Crippen molar-refractivity contribution in [2.24, 2.45) is 7.05 Å². The average Bonchev–Trinajstić information content (AvgIpc) is 2.60. The number of rotatable bonds is 2. The molecule has 0 saturated heterocycles. The summed E-state index contributed by atoms with van der Waals surface area (Å²) in [5, 5.41) is 4.25. The minimum absolute atomic E-state index is 0.0172. The highest BCUT2D eigenvalue weighted by Gasteiger charge is 2.03. The second-order valence-corrected chi connectivity index (χ2v) is 4.91. The Balaban J connectivity index is 2.35. The van der Waals surface area contributed by atoms with Crippen molar-refractivity contribution in [1.29, 1.82) is 0 Å². The van der Waals surface area contributed by atoms with Crippen molar-refractivity contribution < 1.29 is 0 Å². The van der Waals surface area contributed by atoms with Crippen LogP contribution in [-0.4, -0.2) is 14.3 Å². The van der Waals surface area contributed by atoms with Crippen LogP contribution in [0.2, 0.25) is 0 Å². The Morgan fingerprint density at radius 3 is 2.88 bits per heavy atom. The lowest BCUT2D eigenvalue weighted by Crippen LogP contribution is -2.20.